The normalized spacial score (nSPS) is 13.8. The van der Waals surface area contributed by atoms with E-state index in [0.717, 1.165) is 35.5 Å². The molecule has 0 radical (unpaired) electrons. The van der Waals surface area contributed by atoms with E-state index < -0.39 is 0 Å². The molecule has 8 nitrogen and oxygen atoms in total. The van der Waals surface area contributed by atoms with Gasteiger partial charge in [-0.3, -0.25) is 9.36 Å². The summed E-state index contributed by atoms with van der Waals surface area (Å²) in [6.45, 7) is 2.05. The van der Waals surface area contributed by atoms with E-state index in [1.165, 1.54) is 24.6 Å². The number of hydrogen-bond acceptors (Lipinski definition) is 6. The van der Waals surface area contributed by atoms with Crippen LogP contribution in [0.15, 0.2) is 66.0 Å². The lowest BCUT2D eigenvalue weighted by Gasteiger charge is -2.15. The van der Waals surface area contributed by atoms with Crippen molar-refractivity contribution < 1.29 is 9.53 Å². The second-order valence-corrected chi connectivity index (χ2v) is 9.56. The van der Waals surface area contributed by atoms with E-state index in [1.54, 1.807) is 13.3 Å². The van der Waals surface area contributed by atoms with Gasteiger partial charge in [-0.05, 0) is 44.0 Å². The first kappa shape index (κ1) is 23.2. The number of para-hydroxylation sites is 1. The molecule has 1 fully saturated rings. The number of anilines is 1. The molecule has 1 aliphatic carbocycles. The fourth-order valence-electron chi connectivity index (χ4n) is 4.46. The monoisotopic (exact) mass is 488 g/mol. The molecule has 0 aliphatic heterocycles. The Morgan fingerprint density at radius 2 is 1.86 bits per heavy atom. The van der Waals surface area contributed by atoms with Crippen LogP contribution in [-0.4, -0.2) is 43.3 Å². The summed E-state index contributed by atoms with van der Waals surface area (Å²) < 4.78 is 9.49. The van der Waals surface area contributed by atoms with Gasteiger partial charge < -0.3 is 10.1 Å². The SMILES string of the molecule is COc1ccccc1-c1nnc(SCC(=O)Nc2ccnn2C2CCCC2)n1-c1ccc(C)cc1. The maximum absolute atomic E-state index is 12.9. The molecule has 35 heavy (non-hydrogen) atoms. The van der Waals surface area contributed by atoms with E-state index >= 15 is 0 Å². The largest absolute Gasteiger partial charge is 0.496 e. The molecule has 4 aromatic rings. The van der Waals surface area contributed by atoms with Crippen molar-refractivity contribution in [2.75, 3.05) is 18.2 Å². The highest BCUT2D eigenvalue weighted by Gasteiger charge is 2.22. The summed E-state index contributed by atoms with van der Waals surface area (Å²) in [5.74, 6) is 2.21. The van der Waals surface area contributed by atoms with Crippen LogP contribution in [0, 0.1) is 6.92 Å². The van der Waals surface area contributed by atoms with Crippen molar-refractivity contribution in [3.63, 3.8) is 0 Å². The number of aryl methyl sites for hydroxylation is 1. The Kier molecular flexibility index (Phi) is 6.85. The third kappa shape index (κ3) is 4.95. The lowest BCUT2D eigenvalue weighted by molar-refractivity contribution is -0.113. The van der Waals surface area contributed by atoms with Crippen molar-refractivity contribution in [2.45, 2.75) is 43.8 Å². The number of hydrogen-bond donors (Lipinski definition) is 1. The smallest absolute Gasteiger partial charge is 0.235 e. The average molecular weight is 489 g/mol. The van der Waals surface area contributed by atoms with Crippen LogP contribution >= 0.6 is 11.8 Å². The lowest BCUT2D eigenvalue weighted by atomic mass is 10.1. The van der Waals surface area contributed by atoms with Crippen molar-refractivity contribution in [2.24, 2.45) is 0 Å². The molecule has 0 bridgehead atoms. The van der Waals surface area contributed by atoms with Gasteiger partial charge in [-0.1, -0.05) is 54.4 Å². The highest BCUT2D eigenvalue weighted by atomic mass is 32.2. The number of nitrogens with one attached hydrogen (secondary N) is 1. The molecule has 1 saturated carbocycles. The second kappa shape index (κ2) is 10.4. The van der Waals surface area contributed by atoms with Crippen molar-refractivity contribution in [3.8, 4) is 22.8 Å². The summed E-state index contributed by atoms with van der Waals surface area (Å²) in [5.41, 5.74) is 2.91. The number of thioether (sulfide) groups is 1. The minimum absolute atomic E-state index is 0.105. The number of aromatic nitrogens is 5. The summed E-state index contributed by atoms with van der Waals surface area (Å²) in [6.07, 6.45) is 6.36. The Bertz CT molecular complexity index is 1310. The standard InChI is InChI=1S/C26H28N6O2S/c1-18-11-13-19(14-12-18)31-25(21-9-5-6-10-22(21)34-2)29-30-26(31)35-17-24(33)28-23-15-16-27-32(23)20-7-3-4-8-20/h5-6,9-16,20H,3-4,7-8,17H2,1-2H3,(H,28,33). The van der Waals surface area contributed by atoms with E-state index in [-0.39, 0.29) is 11.7 Å². The molecule has 1 amide bonds. The number of ether oxygens (including phenoxy) is 1. The fraction of sp³-hybridized carbons (Fsp3) is 0.308. The molecule has 0 saturated heterocycles. The number of methoxy groups -OCH3 is 1. The van der Waals surface area contributed by atoms with Crippen LogP contribution in [0.1, 0.15) is 37.3 Å². The van der Waals surface area contributed by atoms with E-state index in [2.05, 4.69) is 20.6 Å². The van der Waals surface area contributed by atoms with Gasteiger partial charge in [-0.15, -0.1) is 10.2 Å². The second-order valence-electron chi connectivity index (χ2n) is 8.61. The maximum atomic E-state index is 12.9. The zero-order valence-electron chi connectivity index (χ0n) is 19.8. The van der Waals surface area contributed by atoms with Crippen molar-refractivity contribution >= 4 is 23.5 Å². The topological polar surface area (TPSA) is 86.9 Å². The summed E-state index contributed by atoms with van der Waals surface area (Å²) in [4.78, 5) is 12.9. The van der Waals surface area contributed by atoms with Crippen LogP contribution in [0.2, 0.25) is 0 Å². The minimum Gasteiger partial charge on any atom is -0.496 e. The molecule has 1 aliphatic rings. The summed E-state index contributed by atoms with van der Waals surface area (Å²) in [7, 11) is 1.64. The Balaban J connectivity index is 1.39. The molecule has 180 valence electrons. The predicted octanol–water partition coefficient (Wildman–Crippen LogP) is 5.29. The zero-order valence-corrected chi connectivity index (χ0v) is 20.7. The number of carbonyl (C=O) groups excluding carboxylic acids is 1. The van der Waals surface area contributed by atoms with E-state index in [9.17, 15) is 4.79 Å². The highest BCUT2D eigenvalue weighted by Crippen LogP contribution is 2.34. The summed E-state index contributed by atoms with van der Waals surface area (Å²) in [6, 6.07) is 18.1. The van der Waals surface area contributed by atoms with Crippen LogP contribution in [0.4, 0.5) is 5.82 Å². The van der Waals surface area contributed by atoms with Gasteiger partial charge in [0, 0.05) is 11.8 Å². The number of rotatable bonds is 8. The Morgan fingerprint density at radius 3 is 2.63 bits per heavy atom. The van der Waals surface area contributed by atoms with Crippen LogP contribution in [-0.2, 0) is 4.79 Å². The van der Waals surface area contributed by atoms with Gasteiger partial charge in [-0.25, -0.2) is 4.68 Å². The van der Waals surface area contributed by atoms with Gasteiger partial charge >= 0.3 is 0 Å². The fourth-order valence-corrected chi connectivity index (χ4v) is 5.21. The van der Waals surface area contributed by atoms with E-state index in [1.807, 2.05) is 70.8 Å². The Morgan fingerprint density at radius 1 is 1.09 bits per heavy atom. The van der Waals surface area contributed by atoms with Crippen molar-refractivity contribution in [1.29, 1.82) is 0 Å². The zero-order chi connectivity index (χ0) is 24.2. The molecule has 1 N–H and O–H groups in total. The van der Waals surface area contributed by atoms with Crippen LogP contribution in [0.3, 0.4) is 0 Å². The molecule has 2 aromatic carbocycles. The first-order valence-electron chi connectivity index (χ1n) is 11.8. The van der Waals surface area contributed by atoms with Crippen LogP contribution in [0.5, 0.6) is 5.75 Å². The van der Waals surface area contributed by atoms with Gasteiger partial charge in [-0.2, -0.15) is 5.10 Å². The molecule has 2 heterocycles. The molecule has 0 spiro atoms. The lowest BCUT2D eigenvalue weighted by Crippen LogP contribution is -2.19. The van der Waals surface area contributed by atoms with E-state index in [0.29, 0.717) is 22.8 Å². The maximum Gasteiger partial charge on any atom is 0.235 e. The summed E-state index contributed by atoms with van der Waals surface area (Å²) in [5, 5.41) is 17.0. The number of benzene rings is 2. The highest BCUT2D eigenvalue weighted by molar-refractivity contribution is 7.99. The van der Waals surface area contributed by atoms with Crippen LogP contribution < -0.4 is 10.1 Å². The molecule has 0 atom stereocenters. The molecule has 2 aromatic heterocycles. The van der Waals surface area contributed by atoms with Gasteiger partial charge in [0.05, 0.1) is 30.7 Å². The number of carbonyl (C=O) groups is 1. The quantitative estimate of drug-likeness (QED) is 0.339. The Hall–Kier alpha value is -3.59. The van der Waals surface area contributed by atoms with Gasteiger partial charge in [0.25, 0.3) is 0 Å². The first-order chi connectivity index (χ1) is 17.1. The Labute approximate surface area is 208 Å². The van der Waals surface area contributed by atoms with Crippen LogP contribution in [0.25, 0.3) is 17.1 Å². The first-order valence-corrected chi connectivity index (χ1v) is 12.7. The molecule has 0 unspecified atom stereocenters. The van der Waals surface area contributed by atoms with Crippen molar-refractivity contribution in [1.82, 2.24) is 24.5 Å². The average Bonchev–Trinajstić information content (AvgIpc) is 3.64. The molecular formula is C26H28N6O2S. The van der Waals surface area contributed by atoms with Gasteiger partial charge in [0.1, 0.15) is 11.6 Å². The number of nitrogens with zero attached hydrogens (tertiary/aromatic N) is 5. The van der Waals surface area contributed by atoms with E-state index in [4.69, 9.17) is 4.74 Å². The third-order valence-electron chi connectivity index (χ3n) is 6.21. The number of amides is 1. The molecular weight excluding hydrogens is 460 g/mol. The third-order valence-corrected chi connectivity index (χ3v) is 7.14. The minimum atomic E-state index is -0.105. The van der Waals surface area contributed by atoms with Crippen molar-refractivity contribution in [3.05, 3.63) is 66.4 Å². The molecule has 9 heteroatoms. The predicted molar refractivity (Wildman–Crippen MR) is 137 cm³/mol. The summed E-state index contributed by atoms with van der Waals surface area (Å²) >= 11 is 1.35. The van der Waals surface area contributed by atoms with Gasteiger partial charge in [0.2, 0.25) is 5.91 Å². The molecule has 5 rings (SSSR count). The van der Waals surface area contributed by atoms with Gasteiger partial charge in [0.15, 0.2) is 11.0 Å².